The summed E-state index contributed by atoms with van der Waals surface area (Å²) in [6, 6.07) is -0.112. The third kappa shape index (κ3) is 2.67. The van der Waals surface area contributed by atoms with Gasteiger partial charge in [-0.1, -0.05) is 0 Å². The summed E-state index contributed by atoms with van der Waals surface area (Å²) in [4.78, 5) is 1.25. The van der Waals surface area contributed by atoms with Crippen molar-refractivity contribution in [3.05, 3.63) is 0 Å². The molecule has 2 atom stereocenters. The van der Waals surface area contributed by atoms with Crippen molar-refractivity contribution in [2.45, 2.75) is 24.7 Å². The van der Waals surface area contributed by atoms with E-state index in [1.54, 1.807) is 0 Å². The number of likely N-dealkylation sites (N-methyl/N-ethyl adjacent to an activating group) is 1. The van der Waals surface area contributed by atoms with Gasteiger partial charge < -0.3 is 5.73 Å². The number of halogens is 3. The molecule has 66 valence electrons. The lowest BCUT2D eigenvalue weighted by Crippen LogP contribution is -2.35. The first-order valence-corrected chi connectivity index (χ1v) is 3.43. The summed E-state index contributed by atoms with van der Waals surface area (Å²) in [7, 11) is 1.45. The molecule has 11 heavy (non-hydrogen) atoms. The molecule has 0 radical (unpaired) electrons. The minimum Gasteiger partial charge on any atom is -0.326 e. The average Bonchev–Trinajstić information content (AvgIpc) is 2.41. The van der Waals surface area contributed by atoms with Crippen molar-refractivity contribution >= 4 is 0 Å². The van der Waals surface area contributed by atoms with Gasteiger partial charge in [0.15, 0.2) is 0 Å². The maximum absolute atomic E-state index is 11.7. The van der Waals surface area contributed by atoms with Crippen molar-refractivity contribution in [2.24, 2.45) is 5.73 Å². The van der Waals surface area contributed by atoms with Gasteiger partial charge in [-0.15, -0.1) is 0 Å². The summed E-state index contributed by atoms with van der Waals surface area (Å²) in [6.07, 6.45) is -3.41. The highest BCUT2D eigenvalue weighted by Crippen LogP contribution is 2.27. The van der Waals surface area contributed by atoms with Crippen LogP contribution in [0.4, 0.5) is 13.2 Å². The molecule has 0 aromatic heterocycles. The molecule has 0 aromatic rings. The van der Waals surface area contributed by atoms with Crippen LogP contribution in [0.2, 0.25) is 0 Å². The highest BCUT2D eigenvalue weighted by atomic mass is 19.4. The SMILES string of the molecule is CN(CC(F)(F)F)C1C[C@@H]1N. The summed E-state index contributed by atoms with van der Waals surface area (Å²) < 4.78 is 35.2. The third-order valence-electron chi connectivity index (χ3n) is 1.80. The van der Waals surface area contributed by atoms with E-state index in [-0.39, 0.29) is 12.1 Å². The van der Waals surface area contributed by atoms with E-state index >= 15 is 0 Å². The van der Waals surface area contributed by atoms with E-state index in [1.165, 1.54) is 11.9 Å². The van der Waals surface area contributed by atoms with Crippen LogP contribution in [0.15, 0.2) is 0 Å². The second-order valence-electron chi connectivity index (χ2n) is 3.00. The Labute approximate surface area is 63.2 Å². The molecule has 2 nitrogen and oxygen atoms in total. The first kappa shape index (κ1) is 8.80. The molecule has 0 aromatic carbocycles. The maximum Gasteiger partial charge on any atom is 0.401 e. The molecule has 1 rings (SSSR count). The van der Waals surface area contributed by atoms with Gasteiger partial charge in [0.1, 0.15) is 0 Å². The predicted molar refractivity (Wildman–Crippen MR) is 35.1 cm³/mol. The Morgan fingerprint density at radius 3 is 2.27 bits per heavy atom. The lowest BCUT2D eigenvalue weighted by Gasteiger charge is -2.17. The molecule has 0 bridgehead atoms. The zero-order chi connectivity index (χ0) is 8.65. The molecule has 1 aliphatic rings. The minimum atomic E-state index is -4.10. The van der Waals surface area contributed by atoms with Crippen molar-refractivity contribution in [2.75, 3.05) is 13.6 Å². The van der Waals surface area contributed by atoms with E-state index in [0.717, 1.165) is 0 Å². The van der Waals surface area contributed by atoms with E-state index < -0.39 is 12.7 Å². The van der Waals surface area contributed by atoms with E-state index in [9.17, 15) is 13.2 Å². The van der Waals surface area contributed by atoms with Crippen molar-refractivity contribution in [3.8, 4) is 0 Å². The normalized spacial score (nSPS) is 31.1. The van der Waals surface area contributed by atoms with Crippen LogP contribution in [0.25, 0.3) is 0 Å². The van der Waals surface area contributed by atoms with Crippen LogP contribution in [-0.2, 0) is 0 Å². The first-order valence-electron chi connectivity index (χ1n) is 3.43. The van der Waals surface area contributed by atoms with Gasteiger partial charge in [-0.3, -0.25) is 4.90 Å². The molecule has 2 N–H and O–H groups in total. The molecule has 1 fully saturated rings. The summed E-state index contributed by atoms with van der Waals surface area (Å²) in [6.45, 7) is -0.856. The minimum absolute atomic E-state index is 0.0534. The second-order valence-corrected chi connectivity index (χ2v) is 3.00. The van der Waals surface area contributed by atoms with E-state index in [0.29, 0.717) is 6.42 Å². The number of nitrogens with two attached hydrogens (primary N) is 1. The number of nitrogens with zero attached hydrogens (tertiary/aromatic N) is 1. The molecule has 0 amide bonds. The predicted octanol–water partition coefficient (Wildman–Crippen LogP) is 0.580. The smallest absolute Gasteiger partial charge is 0.326 e. The maximum atomic E-state index is 11.7. The fourth-order valence-electron chi connectivity index (χ4n) is 1.11. The van der Waals surface area contributed by atoms with Gasteiger partial charge in [0.25, 0.3) is 0 Å². The molecule has 1 unspecified atom stereocenters. The fourth-order valence-corrected chi connectivity index (χ4v) is 1.11. The summed E-state index contributed by atoms with van der Waals surface area (Å²) >= 11 is 0. The van der Waals surface area contributed by atoms with Crippen LogP contribution < -0.4 is 5.73 Å². The van der Waals surface area contributed by atoms with Gasteiger partial charge in [0.05, 0.1) is 6.54 Å². The average molecular weight is 168 g/mol. The van der Waals surface area contributed by atoms with Crippen LogP contribution >= 0.6 is 0 Å². The zero-order valence-corrected chi connectivity index (χ0v) is 6.23. The van der Waals surface area contributed by atoms with Gasteiger partial charge in [-0.05, 0) is 13.5 Å². The van der Waals surface area contributed by atoms with Crippen LogP contribution in [0, 0.1) is 0 Å². The molecule has 0 aliphatic heterocycles. The monoisotopic (exact) mass is 168 g/mol. The fraction of sp³-hybridized carbons (Fsp3) is 1.00. The van der Waals surface area contributed by atoms with Crippen LogP contribution in [0.5, 0.6) is 0 Å². The zero-order valence-electron chi connectivity index (χ0n) is 6.23. The third-order valence-corrected chi connectivity index (χ3v) is 1.80. The summed E-state index contributed by atoms with van der Waals surface area (Å²) in [5.74, 6) is 0. The number of hydrogen-bond donors (Lipinski definition) is 1. The molecule has 0 saturated heterocycles. The van der Waals surface area contributed by atoms with Gasteiger partial charge in [0.2, 0.25) is 0 Å². The van der Waals surface area contributed by atoms with Crippen LogP contribution in [0.1, 0.15) is 6.42 Å². The van der Waals surface area contributed by atoms with Crippen molar-refractivity contribution < 1.29 is 13.2 Å². The molecule has 0 heterocycles. The Balaban J connectivity index is 2.27. The lowest BCUT2D eigenvalue weighted by atomic mass is 10.5. The Hall–Kier alpha value is -0.290. The molecule has 1 saturated carbocycles. The van der Waals surface area contributed by atoms with Crippen molar-refractivity contribution in [3.63, 3.8) is 0 Å². The van der Waals surface area contributed by atoms with Gasteiger partial charge in [0, 0.05) is 12.1 Å². The van der Waals surface area contributed by atoms with Crippen LogP contribution in [0.3, 0.4) is 0 Å². The molecule has 1 aliphatic carbocycles. The number of hydrogen-bond acceptors (Lipinski definition) is 2. The van der Waals surface area contributed by atoms with Crippen molar-refractivity contribution in [1.29, 1.82) is 0 Å². The summed E-state index contributed by atoms with van der Waals surface area (Å²) in [5, 5.41) is 0. The lowest BCUT2D eigenvalue weighted by molar-refractivity contribution is -0.144. The largest absolute Gasteiger partial charge is 0.401 e. The van der Waals surface area contributed by atoms with Gasteiger partial charge in [-0.2, -0.15) is 13.2 Å². The Morgan fingerprint density at radius 1 is 1.55 bits per heavy atom. The van der Waals surface area contributed by atoms with Gasteiger partial charge >= 0.3 is 6.18 Å². The van der Waals surface area contributed by atoms with E-state index in [1.807, 2.05) is 0 Å². The number of alkyl halides is 3. The van der Waals surface area contributed by atoms with Gasteiger partial charge in [-0.25, -0.2) is 0 Å². The highest BCUT2D eigenvalue weighted by Gasteiger charge is 2.41. The number of rotatable bonds is 2. The van der Waals surface area contributed by atoms with Crippen LogP contribution in [-0.4, -0.2) is 36.8 Å². The molecule has 0 spiro atoms. The Morgan fingerprint density at radius 2 is 2.00 bits per heavy atom. The second kappa shape index (κ2) is 2.64. The van der Waals surface area contributed by atoms with Crippen molar-refractivity contribution in [1.82, 2.24) is 4.90 Å². The molecule has 5 heteroatoms. The van der Waals surface area contributed by atoms with E-state index in [2.05, 4.69) is 0 Å². The first-order chi connectivity index (χ1) is 4.90. The Bertz CT molecular complexity index is 145. The molecular formula is C6H11F3N2. The quantitative estimate of drug-likeness (QED) is 0.653. The Kier molecular flexibility index (Phi) is 2.11. The highest BCUT2D eigenvalue weighted by molar-refractivity contribution is 4.98. The standard InChI is InChI=1S/C6H11F3N2/c1-11(3-6(7,8)9)5-2-4(5)10/h4-5H,2-3,10H2,1H3/t4-,5?/m0/s1. The molecular weight excluding hydrogens is 157 g/mol. The summed E-state index contributed by atoms with van der Waals surface area (Å²) in [5.41, 5.74) is 5.38. The topological polar surface area (TPSA) is 29.3 Å². The van der Waals surface area contributed by atoms with E-state index in [4.69, 9.17) is 5.73 Å².